The van der Waals surface area contributed by atoms with Crippen molar-refractivity contribution in [3.8, 4) is 5.75 Å². The molecule has 6 nitrogen and oxygen atoms in total. The maximum atomic E-state index is 12.7. The highest BCUT2D eigenvalue weighted by atomic mass is 16.5. The lowest BCUT2D eigenvalue weighted by Gasteiger charge is -2.28. The molecule has 6 heteroatoms. The van der Waals surface area contributed by atoms with Gasteiger partial charge in [-0.05, 0) is 81.1 Å². The predicted octanol–water partition coefficient (Wildman–Crippen LogP) is 4.30. The monoisotopic (exact) mass is 448 g/mol. The number of carbonyl (C=O) groups is 1. The van der Waals surface area contributed by atoms with E-state index in [0.717, 1.165) is 35.4 Å². The van der Waals surface area contributed by atoms with E-state index in [9.17, 15) is 9.59 Å². The van der Waals surface area contributed by atoms with Crippen LogP contribution in [0.4, 0.5) is 0 Å². The first-order chi connectivity index (χ1) is 16.0. The number of likely N-dealkylation sites (tertiary alicyclic amines) is 1. The van der Waals surface area contributed by atoms with E-state index < -0.39 is 0 Å². The van der Waals surface area contributed by atoms with Crippen molar-refractivity contribution in [1.82, 2.24) is 10.2 Å². The average molecular weight is 449 g/mol. The Balaban J connectivity index is 1.42. The number of hydrogen-bond donors (Lipinski definition) is 1. The second kappa shape index (κ2) is 10.2. The summed E-state index contributed by atoms with van der Waals surface area (Å²) in [5.41, 5.74) is 3.92. The van der Waals surface area contributed by atoms with Gasteiger partial charge in [-0.2, -0.15) is 0 Å². The summed E-state index contributed by atoms with van der Waals surface area (Å²) in [5, 5.41) is 4.02. The molecule has 174 valence electrons. The van der Waals surface area contributed by atoms with Crippen LogP contribution in [0.3, 0.4) is 0 Å². The van der Waals surface area contributed by atoms with Gasteiger partial charge in [0.2, 0.25) is 5.91 Å². The molecule has 0 bridgehead atoms. The fourth-order valence-corrected chi connectivity index (χ4v) is 4.67. The third-order valence-corrected chi connectivity index (χ3v) is 6.62. The number of ether oxygens (including phenoxy) is 1. The minimum atomic E-state index is -0.355. The smallest absolute Gasteiger partial charge is 0.339 e. The molecular weight excluding hydrogens is 416 g/mol. The Hall–Kier alpha value is -3.12. The Bertz CT molecular complexity index is 1180. The summed E-state index contributed by atoms with van der Waals surface area (Å²) in [4.78, 5) is 27.7. The van der Waals surface area contributed by atoms with Crippen molar-refractivity contribution in [2.45, 2.75) is 45.6 Å². The lowest BCUT2D eigenvalue weighted by atomic mass is 10.0. The highest BCUT2D eigenvalue weighted by molar-refractivity contribution is 5.82. The SMILES string of the molecule is COc1ccc(C(CNC(=O)CCc2c(C)c3ccc(C)cc3oc2=O)N2CCCC2)cc1. The van der Waals surface area contributed by atoms with Gasteiger partial charge in [0.15, 0.2) is 0 Å². The van der Waals surface area contributed by atoms with Gasteiger partial charge < -0.3 is 14.5 Å². The summed E-state index contributed by atoms with van der Waals surface area (Å²) in [7, 11) is 1.66. The van der Waals surface area contributed by atoms with Crippen LogP contribution in [0.1, 0.15) is 47.6 Å². The maximum absolute atomic E-state index is 12.7. The molecule has 1 amide bonds. The van der Waals surface area contributed by atoms with E-state index in [1.807, 2.05) is 44.2 Å². The Labute approximate surface area is 194 Å². The normalized spacial score (nSPS) is 15.0. The van der Waals surface area contributed by atoms with E-state index in [1.54, 1.807) is 7.11 Å². The Morgan fingerprint density at radius 1 is 1.12 bits per heavy atom. The summed E-state index contributed by atoms with van der Waals surface area (Å²) < 4.78 is 10.8. The fraction of sp³-hybridized carbons (Fsp3) is 0.407. The van der Waals surface area contributed by atoms with Gasteiger partial charge in [0.1, 0.15) is 11.3 Å². The van der Waals surface area contributed by atoms with E-state index in [1.165, 1.54) is 18.4 Å². The molecule has 1 aromatic heterocycles. The number of nitrogens with zero attached hydrogens (tertiary/aromatic N) is 1. The molecular formula is C27H32N2O4. The van der Waals surface area contributed by atoms with Gasteiger partial charge >= 0.3 is 5.63 Å². The van der Waals surface area contributed by atoms with Crippen molar-refractivity contribution < 1.29 is 13.9 Å². The second-order valence-electron chi connectivity index (χ2n) is 8.83. The third-order valence-electron chi connectivity index (χ3n) is 6.62. The maximum Gasteiger partial charge on any atom is 0.339 e. The van der Waals surface area contributed by atoms with E-state index in [-0.39, 0.29) is 24.0 Å². The zero-order chi connectivity index (χ0) is 23.4. The average Bonchev–Trinajstić information content (AvgIpc) is 3.34. The molecule has 0 spiro atoms. The molecule has 0 aliphatic carbocycles. The van der Waals surface area contributed by atoms with Crippen LogP contribution < -0.4 is 15.7 Å². The first-order valence-corrected chi connectivity index (χ1v) is 11.6. The third kappa shape index (κ3) is 5.28. The van der Waals surface area contributed by atoms with E-state index in [0.29, 0.717) is 24.1 Å². The molecule has 2 heterocycles. The summed E-state index contributed by atoms with van der Waals surface area (Å²) in [5.74, 6) is 0.762. The number of nitrogens with one attached hydrogen (secondary N) is 1. The van der Waals surface area contributed by atoms with Crippen LogP contribution in [0.15, 0.2) is 51.7 Å². The highest BCUT2D eigenvalue weighted by Crippen LogP contribution is 2.26. The lowest BCUT2D eigenvalue weighted by molar-refractivity contribution is -0.121. The van der Waals surface area contributed by atoms with Crippen LogP contribution in [0.2, 0.25) is 0 Å². The molecule has 1 saturated heterocycles. The Morgan fingerprint density at radius 3 is 2.55 bits per heavy atom. The Morgan fingerprint density at radius 2 is 1.85 bits per heavy atom. The molecule has 2 aromatic carbocycles. The van der Waals surface area contributed by atoms with E-state index >= 15 is 0 Å². The molecule has 1 unspecified atom stereocenters. The molecule has 1 fully saturated rings. The molecule has 0 saturated carbocycles. The molecule has 33 heavy (non-hydrogen) atoms. The molecule has 0 radical (unpaired) electrons. The molecule has 4 rings (SSSR count). The standard InChI is InChI=1S/C27H32N2O4/c1-18-6-11-22-19(2)23(27(31)33-25(22)16-18)12-13-26(30)28-17-24(29-14-4-5-15-29)20-7-9-21(32-3)10-8-20/h6-11,16,24H,4-5,12-15,17H2,1-3H3,(H,28,30). The van der Waals surface area contributed by atoms with Crippen LogP contribution in [-0.2, 0) is 11.2 Å². The Kier molecular flexibility index (Phi) is 7.14. The summed E-state index contributed by atoms with van der Waals surface area (Å²) in [6.45, 7) is 6.49. The van der Waals surface area contributed by atoms with Crippen molar-refractivity contribution in [2.75, 3.05) is 26.7 Å². The van der Waals surface area contributed by atoms with Crippen LogP contribution in [-0.4, -0.2) is 37.6 Å². The van der Waals surface area contributed by atoms with Crippen molar-refractivity contribution >= 4 is 16.9 Å². The number of rotatable bonds is 8. The van der Waals surface area contributed by atoms with Gasteiger partial charge in [-0.15, -0.1) is 0 Å². The van der Waals surface area contributed by atoms with Gasteiger partial charge in [-0.3, -0.25) is 9.69 Å². The van der Waals surface area contributed by atoms with Gasteiger partial charge in [-0.25, -0.2) is 4.79 Å². The number of benzene rings is 2. The summed E-state index contributed by atoms with van der Waals surface area (Å²) >= 11 is 0. The van der Waals surface area contributed by atoms with Gasteiger partial charge in [0.25, 0.3) is 0 Å². The zero-order valence-electron chi connectivity index (χ0n) is 19.6. The van der Waals surface area contributed by atoms with Gasteiger partial charge in [0, 0.05) is 23.9 Å². The van der Waals surface area contributed by atoms with E-state index in [2.05, 4.69) is 22.3 Å². The quantitative estimate of drug-likeness (QED) is 0.520. The highest BCUT2D eigenvalue weighted by Gasteiger charge is 2.24. The first kappa shape index (κ1) is 23.1. The molecule has 3 aromatic rings. The second-order valence-corrected chi connectivity index (χ2v) is 8.83. The van der Waals surface area contributed by atoms with Gasteiger partial charge in [0.05, 0.1) is 13.2 Å². The van der Waals surface area contributed by atoms with Crippen LogP contribution in [0, 0.1) is 13.8 Å². The van der Waals surface area contributed by atoms with Crippen molar-refractivity contribution in [2.24, 2.45) is 0 Å². The van der Waals surface area contributed by atoms with Crippen molar-refractivity contribution in [3.05, 3.63) is 75.1 Å². The predicted molar refractivity (Wildman–Crippen MR) is 130 cm³/mol. The molecule has 1 aliphatic rings. The van der Waals surface area contributed by atoms with Gasteiger partial charge in [-0.1, -0.05) is 24.3 Å². The topological polar surface area (TPSA) is 71.8 Å². The van der Waals surface area contributed by atoms with Crippen LogP contribution in [0.25, 0.3) is 11.0 Å². The summed E-state index contributed by atoms with van der Waals surface area (Å²) in [6.07, 6.45) is 2.97. The lowest BCUT2D eigenvalue weighted by Crippen LogP contribution is -2.37. The number of hydrogen-bond acceptors (Lipinski definition) is 5. The molecule has 1 N–H and O–H groups in total. The fourth-order valence-electron chi connectivity index (χ4n) is 4.67. The zero-order valence-corrected chi connectivity index (χ0v) is 19.6. The molecule has 1 aliphatic heterocycles. The number of carbonyl (C=O) groups excluding carboxylic acids is 1. The first-order valence-electron chi connectivity index (χ1n) is 11.6. The van der Waals surface area contributed by atoms with Crippen LogP contribution >= 0.6 is 0 Å². The van der Waals surface area contributed by atoms with Crippen LogP contribution in [0.5, 0.6) is 5.75 Å². The van der Waals surface area contributed by atoms with Crippen molar-refractivity contribution in [3.63, 3.8) is 0 Å². The largest absolute Gasteiger partial charge is 0.497 e. The minimum absolute atomic E-state index is 0.0597. The molecule has 1 atom stereocenters. The number of fused-ring (bicyclic) bond motifs is 1. The minimum Gasteiger partial charge on any atom is -0.497 e. The number of amides is 1. The number of methoxy groups -OCH3 is 1. The number of aryl methyl sites for hydroxylation is 2. The van der Waals surface area contributed by atoms with E-state index in [4.69, 9.17) is 9.15 Å². The van der Waals surface area contributed by atoms with Crippen molar-refractivity contribution in [1.29, 1.82) is 0 Å². The summed E-state index contributed by atoms with van der Waals surface area (Å²) in [6, 6.07) is 14.0.